The Morgan fingerprint density at radius 1 is 1.29 bits per heavy atom. The lowest BCUT2D eigenvalue weighted by Gasteiger charge is -2.30. The Kier molecular flexibility index (Phi) is 4.32. The van der Waals surface area contributed by atoms with Crippen LogP contribution in [0.4, 0.5) is 4.39 Å². The van der Waals surface area contributed by atoms with Crippen LogP contribution in [-0.2, 0) is 21.7 Å². The van der Waals surface area contributed by atoms with E-state index in [0.29, 0.717) is 25.0 Å². The van der Waals surface area contributed by atoms with Gasteiger partial charge < -0.3 is 9.84 Å². The topological polar surface area (TPSA) is 70.3 Å². The van der Waals surface area contributed by atoms with Gasteiger partial charge in [0.05, 0.1) is 18.2 Å². The van der Waals surface area contributed by atoms with Crippen molar-refractivity contribution in [2.24, 2.45) is 0 Å². The summed E-state index contributed by atoms with van der Waals surface area (Å²) in [6, 6.07) is 13.6. The number of ether oxygens (including phenoxy) is 1. The smallest absolute Gasteiger partial charge is 0.303 e. The van der Waals surface area contributed by atoms with Gasteiger partial charge in [0.25, 0.3) is 0 Å². The first kappa shape index (κ1) is 16.2. The molecule has 0 saturated carbocycles. The highest BCUT2D eigenvalue weighted by atomic mass is 19.1. The van der Waals surface area contributed by atoms with E-state index in [1.807, 2.05) is 6.07 Å². The van der Waals surface area contributed by atoms with Crippen LogP contribution in [0.25, 0.3) is 0 Å². The van der Waals surface area contributed by atoms with Gasteiger partial charge in [-0.1, -0.05) is 18.2 Å². The number of aliphatic carboxylic acids is 1. The molecule has 0 aromatic heterocycles. The molecule has 0 fully saturated rings. The van der Waals surface area contributed by atoms with Crippen LogP contribution in [0.1, 0.15) is 41.5 Å². The molecular weight excluding hydrogens is 309 g/mol. The van der Waals surface area contributed by atoms with Crippen LogP contribution in [0.3, 0.4) is 0 Å². The number of carboxylic acids is 1. The lowest BCUT2D eigenvalue weighted by Crippen LogP contribution is -2.27. The molecular formula is C19H16FNO3. The highest BCUT2D eigenvalue weighted by Gasteiger charge is 2.41. The van der Waals surface area contributed by atoms with Crippen molar-refractivity contribution in [2.45, 2.75) is 31.5 Å². The predicted molar refractivity (Wildman–Crippen MR) is 84.6 cm³/mol. The molecule has 0 spiro atoms. The molecule has 0 amide bonds. The average Bonchev–Trinajstić information content (AvgIpc) is 2.94. The normalized spacial score (nSPS) is 18.8. The molecule has 1 heterocycles. The number of nitrogens with zero attached hydrogens (tertiary/aromatic N) is 1. The molecule has 5 heteroatoms. The Labute approximate surface area is 139 Å². The largest absolute Gasteiger partial charge is 0.481 e. The van der Waals surface area contributed by atoms with E-state index in [9.17, 15) is 9.18 Å². The van der Waals surface area contributed by atoms with Gasteiger partial charge in [-0.2, -0.15) is 5.26 Å². The summed E-state index contributed by atoms with van der Waals surface area (Å²) in [7, 11) is 0. The minimum atomic E-state index is -0.859. The fraction of sp³-hybridized carbons (Fsp3) is 0.263. The Bertz CT molecular complexity index is 810. The van der Waals surface area contributed by atoms with E-state index in [1.54, 1.807) is 24.3 Å². The monoisotopic (exact) mass is 325 g/mol. The molecule has 3 rings (SSSR count). The number of fused-ring (bicyclic) bond motifs is 1. The molecule has 0 aliphatic carbocycles. The maximum absolute atomic E-state index is 13.3. The second-order valence-electron chi connectivity index (χ2n) is 5.85. The molecule has 1 N–H and O–H groups in total. The van der Waals surface area contributed by atoms with E-state index < -0.39 is 11.6 Å². The van der Waals surface area contributed by atoms with Crippen molar-refractivity contribution in [1.29, 1.82) is 5.26 Å². The second-order valence-corrected chi connectivity index (χ2v) is 5.85. The van der Waals surface area contributed by atoms with Gasteiger partial charge in [0, 0.05) is 6.42 Å². The Hall–Kier alpha value is -2.71. The van der Waals surface area contributed by atoms with Gasteiger partial charge in [0.2, 0.25) is 0 Å². The number of benzene rings is 2. The molecule has 0 bridgehead atoms. The summed E-state index contributed by atoms with van der Waals surface area (Å²) in [5.74, 6) is -1.19. The van der Waals surface area contributed by atoms with Crippen molar-refractivity contribution in [3.63, 3.8) is 0 Å². The van der Waals surface area contributed by atoms with Crippen LogP contribution in [0.2, 0.25) is 0 Å². The molecule has 24 heavy (non-hydrogen) atoms. The molecule has 0 radical (unpaired) electrons. The first-order chi connectivity index (χ1) is 11.5. The van der Waals surface area contributed by atoms with Crippen molar-refractivity contribution in [1.82, 2.24) is 0 Å². The average molecular weight is 325 g/mol. The van der Waals surface area contributed by atoms with Crippen LogP contribution in [0, 0.1) is 17.1 Å². The van der Waals surface area contributed by atoms with Crippen molar-refractivity contribution >= 4 is 5.97 Å². The fourth-order valence-electron chi connectivity index (χ4n) is 3.25. The fourth-order valence-corrected chi connectivity index (χ4v) is 3.25. The molecule has 0 saturated heterocycles. The van der Waals surface area contributed by atoms with Gasteiger partial charge in [-0.15, -0.1) is 0 Å². The van der Waals surface area contributed by atoms with Crippen LogP contribution < -0.4 is 0 Å². The minimum absolute atomic E-state index is 0.0396. The zero-order valence-electron chi connectivity index (χ0n) is 13.0. The SMILES string of the molecule is N#Cc1ccc2c(c1)COC2(CCCC(=O)O)c1ccc(F)cc1. The predicted octanol–water partition coefficient (Wildman–Crippen LogP) is 3.73. The Morgan fingerprint density at radius 2 is 2.04 bits per heavy atom. The summed E-state index contributed by atoms with van der Waals surface area (Å²) in [5, 5.41) is 18.0. The lowest BCUT2D eigenvalue weighted by molar-refractivity contribution is -0.137. The second kappa shape index (κ2) is 6.42. The van der Waals surface area contributed by atoms with E-state index in [1.165, 1.54) is 12.1 Å². The van der Waals surface area contributed by atoms with Crippen LogP contribution in [0.15, 0.2) is 42.5 Å². The molecule has 4 nitrogen and oxygen atoms in total. The number of halogens is 1. The number of hydrogen-bond acceptors (Lipinski definition) is 3. The van der Waals surface area contributed by atoms with Crippen molar-refractivity contribution in [3.8, 4) is 6.07 Å². The van der Waals surface area contributed by atoms with E-state index in [0.717, 1.165) is 16.7 Å². The maximum Gasteiger partial charge on any atom is 0.303 e. The summed E-state index contributed by atoms with van der Waals surface area (Å²) in [6.45, 7) is 0.343. The molecule has 1 unspecified atom stereocenters. The summed E-state index contributed by atoms with van der Waals surface area (Å²) in [4.78, 5) is 10.9. The molecule has 122 valence electrons. The van der Waals surface area contributed by atoms with Crippen molar-refractivity contribution < 1.29 is 19.0 Å². The minimum Gasteiger partial charge on any atom is -0.481 e. The third-order valence-corrected chi connectivity index (χ3v) is 4.37. The van der Waals surface area contributed by atoms with E-state index in [2.05, 4.69) is 6.07 Å². The number of carboxylic acid groups (broad SMARTS) is 1. The van der Waals surface area contributed by atoms with Gasteiger partial charge in [-0.3, -0.25) is 4.79 Å². The standard InChI is InChI=1S/C19H16FNO3/c20-16-6-4-15(5-7-16)19(9-1-2-18(22)23)17-8-3-13(11-21)10-14(17)12-24-19/h3-8,10H,1-2,9,12H2,(H,22,23). The number of rotatable bonds is 5. The molecule has 1 atom stereocenters. The molecule has 1 aliphatic heterocycles. The van der Waals surface area contributed by atoms with E-state index in [-0.39, 0.29) is 12.2 Å². The summed E-state index contributed by atoms with van der Waals surface area (Å²) < 4.78 is 19.4. The van der Waals surface area contributed by atoms with Gasteiger partial charge in [-0.05, 0) is 53.8 Å². The van der Waals surface area contributed by atoms with Crippen molar-refractivity contribution in [3.05, 3.63) is 70.5 Å². The van der Waals surface area contributed by atoms with Gasteiger partial charge in [0.1, 0.15) is 11.4 Å². The summed E-state index contributed by atoms with van der Waals surface area (Å²) in [6.07, 6.45) is 0.952. The van der Waals surface area contributed by atoms with Crippen LogP contribution >= 0.6 is 0 Å². The lowest BCUT2D eigenvalue weighted by atomic mass is 9.81. The van der Waals surface area contributed by atoms with E-state index in [4.69, 9.17) is 15.1 Å². The maximum atomic E-state index is 13.3. The van der Waals surface area contributed by atoms with Gasteiger partial charge in [0.15, 0.2) is 0 Å². The highest BCUT2D eigenvalue weighted by molar-refractivity contribution is 5.66. The van der Waals surface area contributed by atoms with Crippen LogP contribution in [0.5, 0.6) is 0 Å². The summed E-state index contributed by atoms with van der Waals surface area (Å²) >= 11 is 0. The molecule has 2 aromatic carbocycles. The van der Waals surface area contributed by atoms with Gasteiger partial charge >= 0.3 is 5.97 Å². The molecule has 1 aliphatic rings. The zero-order valence-corrected chi connectivity index (χ0v) is 13.0. The quantitative estimate of drug-likeness (QED) is 0.909. The summed E-state index contributed by atoms with van der Waals surface area (Å²) in [5.41, 5.74) is 2.37. The zero-order chi connectivity index (χ0) is 17.2. The first-order valence-corrected chi connectivity index (χ1v) is 7.70. The first-order valence-electron chi connectivity index (χ1n) is 7.70. The van der Waals surface area contributed by atoms with Crippen molar-refractivity contribution in [2.75, 3.05) is 0 Å². The van der Waals surface area contributed by atoms with E-state index >= 15 is 0 Å². The van der Waals surface area contributed by atoms with Gasteiger partial charge in [-0.25, -0.2) is 4.39 Å². The Morgan fingerprint density at radius 3 is 2.71 bits per heavy atom. The van der Waals surface area contributed by atoms with Crippen LogP contribution in [-0.4, -0.2) is 11.1 Å². The third kappa shape index (κ3) is 2.89. The number of carbonyl (C=O) groups is 1. The Balaban J connectivity index is 2.03. The highest BCUT2D eigenvalue weighted by Crippen LogP contribution is 2.45. The molecule has 2 aromatic rings. The number of nitriles is 1. The number of hydrogen-bond donors (Lipinski definition) is 1. The third-order valence-electron chi connectivity index (χ3n) is 4.37.